The fraction of sp³-hybridized carbons (Fsp3) is 0.111. The van der Waals surface area contributed by atoms with E-state index >= 15 is 0 Å². The van der Waals surface area contributed by atoms with Gasteiger partial charge in [-0.1, -0.05) is 42.5 Å². The second-order valence-electron chi connectivity index (χ2n) is 1.97. The van der Waals surface area contributed by atoms with Crippen LogP contribution in [-0.4, -0.2) is 5.88 Å². The molecule has 0 aliphatic carbocycles. The Kier molecular flexibility index (Phi) is 5.49. The molecule has 1 aromatic rings. The molecule has 0 N–H and O–H groups in total. The van der Waals surface area contributed by atoms with Gasteiger partial charge in [0.1, 0.15) is 0 Å². The maximum absolute atomic E-state index is 5.46. The van der Waals surface area contributed by atoms with Gasteiger partial charge in [0.05, 0.1) is 0 Å². The van der Waals surface area contributed by atoms with E-state index in [0.717, 1.165) is 0 Å². The lowest BCUT2D eigenvalue weighted by Gasteiger charge is -1.87. The Morgan fingerprint density at radius 1 is 1.18 bits per heavy atom. The highest BCUT2D eigenvalue weighted by Crippen LogP contribution is 2.00. The summed E-state index contributed by atoms with van der Waals surface area (Å²) in [4.78, 5) is 0. The van der Waals surface area contributed by atoms with E-state index in [1.165, 1.54) is 5.56 Å². The number of halogens is 2. The Morgan fingerprint density at radius 2 is 1.82 bits per heavy atom. The Bertz CT molecular complexity index is 206. The summed E-state index contributed by atoms with van der Waals surface area (Å²) in [7, 11) is 0. The maximum Gasteiger partial charge on any atom is 0.0407 e. The van der Waals surface area contributed by atoms with Gasteiger partial charge in [0, 0.05) is 5.88 Å². The van der Waals surface area contributed by atoms with E-state index in [4.69, 9.17) is 11.6 Å². The average molecular weight is 173 g/mol. The smallest absolute Gasteiger partial charge is 0.0407 e. The zero-order valence-corrected chi connectivity index (χ0v) is 6.79. The predicted octanol–water partition coefficient (Wildman–Crippen LogP) is 3.09. The molecule has 0 fully saturated rings. The second kappa shape index (κ2) is 5.93. The zero-order valence-electron chi connectivity index (χ0n) is 6.03. The Labute approximate surface area is 70.9 Å². The number of allylic oxidation sites excluding steroid dienone is 1. The van der Waals surface area contributed by atoms with Crippen LogP contribution < -0.4 is 0 Å². The summed E-state index contributed by atoms with van der Waals surface area (Å²) in [5.74, 6) is 0.578. The molecule has 0 aromatic heterocycles. The molecule has 2 heteroatoms. The molecule has 0 nitrogen and oxygen atoms in total. The molecule has 0 aliphatic rings. The quantitative estimate of drug-likeness (QED) is 0.602. The SMILES string of the molecule is ClCC=Cc1ccccc1.F. The molecule has 1 rings (SSSR count). The van der Waals surface area contributed by atoms with Gasteiger partial charge in [0.15, 0.2) is 0 Å². The number of rotatable bonds is 2. The minimum atomic E-state index is 0. The third kappa shape index (κ3) is 3.79. The van der Waals surface area contributed by atoms with Gasteiger partial charge in [-0.05, 0) is 5.56 Å². The van der Waals surface area contributed by atoms with Crippen LogP contribution in [0.2, 0.25) is 0 Å². The van der Waals surface area contributed by atoms with Gasteiger partial charge in [-0.15, -0.1) is 11.6 Å². The van der Waals surface area contributed by atoms with Gasteiger partial charge in [0.25, 0.3) is 0 Å². The van der Waals surface area contributed by atoms with Crippen molar-refractivity contribution in [1.29, 1.82) is 0 Å². The molecule has 0 saturated heterocycles. The summed E-state index contributed by atoms with van der Waals surface area (Å²) in [5, 5.41) is 0. The van der Waals surface area contributed by atoms with E-state index in [0.29, 0.717) is 5.88 Å². The molecular formula is C9H10ClF. The highest BCUT2D eigenvalue weighted by molar-refractivity contribution is 6.19. The lowest BCUT2D eigenvalue weighted by molar-refractivity contribution is 1.11. The molecule has 1 aromatic carbocycles. The van der Waals surface area contributed by atoms with Crippen molar-refractivity contribution in [3.63, 3.8) is 0 Å². The summed E-state index contributed by atoms with van der Waals surface area (Å²) in [6.45, 7) is 0. The van der Waals surface area contributed by atoms with E-state index in [2.05, 4.69) is 0 Å². The Balaban J connectivity index is 0.000001000. The number of benzene rings is 1. The summed E-state index contributed by atoms with van der Waals surface area (Å²) in [5.41, 5.74) is 1.20. The predicted molar refractivity (Wildman–Crippen MR) is 48.7 cm³/mol. The van der Waals surface area contributed by atoms with Crippen molar-refractivity contribution < 1.29 is 4.70 Å². The molecule has 0 saturated carbocycles. The van der Waals surface area contributed by atoms with Crippen LogP contribution in [0.25, 0.3) is 6.08 Å². The van der Waals surface area contributed by atoms with E-state index < -0.39 is 0 Å². The molecule has 0 amide bonds. The first-order valence-corrected chi connectivity index (χ1v) is 3.74. The number of hydrogen-bond acceptors (Lipinski definition) is 0. The third-order valence-electron chi connectivity index (χ3n) is 1.20. The van der Waals surface area contributed by atoms with Crippen molar-refractivity contribution in [3.05, 3.63) is 42.0 Å². The maximum atomic E-state index is 5.46. The van der Waals surface area contributed by atoms with Crippen molar-refractivity contribution in [1.82, 2.24) is 0 Å². The Hall–Kier alpha value is -0.820. The van der Waals surface area contributed by atoms with Gasteiger partial charge >= 0.3 is 0 Å². The van der Waals surface area contributed by atoms with E-state index in [1.807, 2.05) is 42.5 Å². The van der Waals surface area contributed by atoms with Gasteiger partial charge in [-0.3, -0.25) is 4.70 Å². The first-order valence-electron chi connectivity index (χ1n) is 3.21. The molecule has 0 heterocycles. The van der Waals surface area contributed by atoms with Crippen LogP contribution in [0.5, 0.6) is 0 Å². The molecule has 11 heavy (non-hydrogen) atoms. The van der Waals surface area contributed by atoms with Gasteiger partial charge in [0.2, 0.25) is 0 Å². The van der Waals surface area contributed by atoms with Crippen molar-refractivity contribution in [2.75, 3.05) is 5.88 Å². The van der Waals surface area contributed by atoms with Gasteiger partial charge in [-0.25, -0.2) is 0 Å². The van der Waals surface area contributed by atoms with Gasteiger partial charge in [-0.2, -0.15) is 0 Å². The highest BCUT2D eigenvalue weighted by Gasteiger charge is 1.79. The van der Waals surface area contributed by atoms with Crippen LogP contribution in [0.3, 0.4) is 0 Å². The minimum absolute atomic E-state index is 0. The lowest BCUT2D eigenvalue weighted by atomic mass is 10.2. The van der Waals surface area contributed by atoms with Crippen LogP contribution in [0.4, 0.5) is 4.70 Å². The van der Waals surface area contributed by atoms with Crippen LogP contribution >= 0.6 is 11.6 Å². The molecule has 0 radical (unpaired) electrons. The van der Waals surface area contributed by atoms with Crippen LogP contribution in [0.15, 0.2) is 36.4 Å². The van der Waals surface area contributed by atoms with Crippen molar-refractivity contribution >= 4 is 17.7 Å². The van der Waals surface area contributed by atoms with Crippen LogP contribution in [0, 0.1) is 0 Å². The first-order chi connectivity index (χ1) is 4.93. The molecular weight excluding hydrogens is 163 g/mol. The monoisotopic (exact) mass is 172 g/mol. The summed E-state index contributed by atoms with van der Waals surface area (Å²) < 4.78 is 0. The van der Waals surface area contributed by atoms with Crippen LogP contribution in [-0.2, 0) is 0 Å². The highest BCUT2D eigenvalue weighted by atomic mass is 35.5. The normalized spacial score (nSPS) is 9.55. The fourth-order valence-corrected chi connectivity index (χ4v) is 0.834. The van der Waals surface area contributed by atoms with Crippen molar-refractivity contribution in [2.45, 2.75) is 0 Å². The summed E-state index contributed by atoms with van der Waals surface area (Å²) in [6, 6.07) is 10.1. The van der Waals surface area contributed by atoms with E-state index in [-0.39, 0.29) is 4.70 Å². The molecule has 0 spiro atoms. The van der Waals surface area contributed by atoms with Crippen molar-refractivity contribution in [2.24, 2.45) is 0 Å². The molecule has 0 unspecified atom stereocenters. The van der Waals surface area contributed by atoms with Crippen molar-refractivity contribution in [3.8, 4) is 0 Å². The first kappa shape index (κ1) is 10.2. The zero-order chi connectivity index (χ0) is 7.23. The lowest BCUT2D eigenvalue weighted by Crippen LogP contribution is -1.67. The van der Waals surface area contributed by atoms with Gasteiger partial charge < -0.3 is 0 Å². The van der Waals surface area contributed by atoms with Crippen LogP contribution in [0.1, 0.15) is 5.56 Å². The summed E-state index contributed by atoms with van der Waals surface area (Å²) >= 11 is 5.46. The Morgan fingerprint density at radius 3 is 2.36 bits per heavy atom. The molecule has 0 atom stereocenters. The third-order valence-corrected chi connectivity index (χ3v) is 1.38. The molecule has 0 aliphatic heterocycles. The average Bonchev–Trinajstić information content (AvgIpc) is 2.03. The van der Waals surface area contributed by atoms with E-state index in [1.54, 1.807) is 0 Å². The largest absolute Gasteiger partial charge is 0.269 e. The standard InChI is InChI=1S/C9H9Cl.FH/c10-8-4-7-9-5-2-1-3-6-9;/h1-7H,8H2;1H. The molecule has 0 bridgehead atoms. The minimum Gasteiger partial charge on any atom is -0.269 e. The molecule has 60 valence electrons. The fourth-order valence-electron chi connectivity index (χ4n) is 0.745. The summed E-state index contributed by atoms with van der Waals surface area (Å²) in [6.07, 6.45) is 3.93. The second-order valence-corrected chi connectivity index (χ2v) is 2.28. The topological polar surface area (TPSA) is 0 Å². The van der Waals surface area contributed by atoms with E-state index in [9.17, 15) is 0 Å². The number of hydrogen-bond donors (Lipinski definition) is 0. The number of alkyl halides is 1.